The number of amides is 2. The molecule has 0 spiro atoms. The van der Waals surface area contributed by atoms with Crippen LogP contribution in [0.15, 0.2) is 24.3 Å². The molecule has 0 bridgehead atoms. The third-order valence-electron chi connectivity index (χ3n) is 3.41. The number of likely N-dealkylation sites (N-methyl/N-ethyl adjacent to an activating group) is 1. The van der Waals surface area contributed by atoms with Crippen molar-refractivity contribution in [3.63, 3.8) is 0 Å². The Balaban J connectivity index is 1.70. The Kier molecular flexibility index (Phi) is 5.77. The van der Waals surface area contributed by atoms with Gasteiger partial charge in [0.2, 0.25) is 5.91 Å². The van der Waals surface area contributed by atoms with Gasteiger partial charge in [0.25, 0.3) is 5.91 Å². The predicted octanol–water partition coefficient (Wildman–Crippen LogP) is 1.09. The van der Waals surface area contributed by atoms with Gasteiger partial charge in [0.15, 0.2) is 6.61 Å². The lowest BCUT2D eigenvalue weighted by molar-refractivity contribution is -0.130. The topological polar surface area (TPSA) is 70.7 Å². The SMILES string of the molecule is CN(C)C(=O)COc1ccc(NC(=O)CNCC2CC2)cc1. The molecule has 0 unspecified atom stereocenters. The van der Waals surface area contributed by atoms with E-state index in [1.54, 1.807) is 38.4 Å². The Morgan fingerprint density at radius 3 is 2.50 bits per heavy atom. The third-order valence-corrected chi connectivity index (χ3v) is 3.41. The Labute approximate surface area is 130 Å². The lowest BCUT2D eigenvalue weighted by atomic mass is 10.3. The molecule has 6 heteroatoms. The van der Waals surface area contributed by atoms with E-state index >= 15 is 0 Å². The van der Waals surface area contributed by atoms with E-state index in [1.165, 1.54) is 17.7 Å². The third kappa shape index (κ3) is 5.73. The van der Waals surface area contributed by atoms with Gasteiger partial charge in [-0.15, -0.1) is 0 Å². The molecule has 1 fully saturated rings. The highest BCUT2D eigenvalue weighted by atomic mass is 16.5. The predicted molar refractivity (Wildman–Crippen MR) is 84.9 cm³/mol. The minimum atomic E-state index is -0.0980. The standard InChI is InChI=1S/C16H23N3O3/c1-19(2)16(21)11-22-14-7-5-13(6-8-14)18-15(20)10-17-9-12-3-4-12/h5-8,12,17H,3-4,9-11H2,1-2H3,(H,18,20). The van der Waals surface area contributed by atoms with Crippen molar-refractivity contribution in [3.8, 4) is 5.75 Å². The molecule has 0 aliphatic heterocycles. The smallest absolute Gasteiger partial charge is 0.259 e. The minimum Gasteiger partial charge on any atom is -0.484 e. The van der Waals surface area contributed by atoms with Crippen molar-refractivity contribution < 1.29 is 14.3 Å². The molecule has 1 aliphatic rings. The van der Waals surface area contributed by atoms with E-state index in [0.717, 1.165) is 12.5 Å². The number of benzene rings is 1. The molecule has 1 aromatic rings. The van der Waals surface area contributed by atoms with E-state index in [9.17, 15) is 9.59 Å². The zero-order valence-corrected chi connectivity index (χ0v) is 13.1. The first-order valence-electron chi connectivity index (χ1n) is 7.48. The summed E-state index contributed by atoms with van der Waals surface area (Å²) in [6, 6.07) is 6.98. The van der Waals surface area contributed by atoms with Crippen LogP contribution in [0.5, 0.6) is 5.75 Å². The van der Waals surface area contributed by atoms with Gasteiger partial charge >= 0.3 is 0 Å². The zero-order valence-electron chi connectivity index (χ0n) is 13.1. The molecule has 2 amide bonds. The second kappa shape index (κ2) is 7.79. The first kappa shape index (κ1) is 16.3. The average Bonchev–Trinajstić information content (AvgIpc) is 3.30. The fourth-order valence-electron chi connectivity index (χ4n) is 1.83. The summed E-state index contributed by atoms with van der Waals surface area (Å²) in [6.07, 6.45) is 2.54. The Hall–Kier alpha value is -2.08. The van der Waals surface area contributed by atoms with Gasteiger partial charge in [0.05, 0.1) is 6.54 Å². The summed E-state index contributed by atoms with van der Waals surface area (Å²) < 4.78 is 5.37. The van der Waals surface area contributed by atoms with Crippen LogP contribution in [0.2, 0.25) is 0 Å². The average molecular weight is 305 g/mol. The van der Waals surface area contributed by atoms with Crippen LogP contribution in [0.4, 0.5) is 5.69 Å². The maximum absolute atomic E-state index is 11.7. The van der Waals surface area contributed by atoms with Crippen molar-refractivity contribution >= 4 is 17.5 Å². The lowest BCUT2D eigenvalue weighted by Gasteiger charge is -2.12. The number of carbonyl (C=O) groups is 2. The van der Waals surface area contributed by atoms with E-state index in [1.807, 2.05) is 0 Å². The fraction of sp³-hybridized carbons (Fsp3) is 0.500. The van der Waals surface area contributed by atoms with Crippen LogP contribution in [-0.2, 0) is 9.59 Å². The van der Waals surface area contributed by atoms with Crippen LogP contribution < -0.4 is 15.4 Å². The van der Waals surface area contributed by atoms with E-state index in [2.05, 4.69) is 10.6 Å². The van der Waals surface area contributed by atoms with Crippen molar-refractivity contribution in [2.24, 2.45) is 5.92 Å². The number of hydrogen-bond donors (Lipinski definition) is 2. The van der Waals surface area contributed by atoms with Gasteiger partial charge in [-0.05, 0) is 49.6 Å². The lowest BCUT2D eigenvalue weighted by Crippen LogP contribution is -2.29. The Morgan fingerprint density at radius 2 is 1.91 bits per heavy atom. The van der Waals surface area contributed by atoms with Crippen LogP contribution in [0.1, 0.15) is 12.8 Å². The summed E-state index contributed by atoms with van der Waals surface area (Å²) in [5.41, 5.74) is 0.713. The Bertz CT molecular complexity index is 510. The van der Waals surface area contributed by atoms with Crippen LogP contribution in [0.25, 0.3) is 0 Å². The van der Waals surface area contributed by atoms with Gasteiger partial charge in [-0.3, -0.25) is 9.59 Å². The summed E-state index contributed by atoms with van der Waals surface area (Å²) >= 11 is 0. The molecule has 22 heavy (non-hydrogen) atoms. The minimum absolute atomic E-state index is 0.00376. The largest absolute Gasteiger partial charge is 0.484 e. The molecule has 1 saturated carbocycles. The molecular weight excluding hydrogens is 282 g/mol. The molecule has 0 atom stereocenters. The van der Waals surface area contributed by atoms with Gasteiger partial charge in [-0.25, -0.2) is 0 Å². The molecule has 1 aliphatic carbocycles. The van der Waals surface area contributed by atoms with Crippen molar-refractivity contribution in [2.45, 2.75) is 12.8 Å². The molecule has 0 radical (unpaired) electrons. The van der Waals surface area contributed by atoms with Crippen LogP contribution in [0, 0.1) is 5.92 Å². The number of nitrogens with one attached hydrogen (secondary N) is 2. The molecule has 120 valence electrons. The van der Waals surface area contributed by atoms with Crippen molar-refractivity contribution in [1.29, 1.82) is 0 Å². The first-order valence-corrected chi connectivity index (χ1v) is 7.48. The maximum atomic E-state index is 11.7. The van der Waals surface area contributed by atoms with Gasteiger partial charge < -0.3 is 20.3 Å². The normalized spacial score (nSPS) is 13.5. The van der Waals surface area contributed by atoms with Gasteiger partial charge in [-0.1, -0.05) is 0 Å². The molecule has 2 N–H and O–H groups in total. The van der Waals surface area contributed by atoms with Crippen LogP contribution in [0.3, 0.4) is 0 Å². The first-order chi connectivity index (χ1) is 10.5. The molecule has 6 nitrogen and oxygen atoms in total. The van der Waals surface area contributed by atoms with E-state index in [4.69, 9.17) is 4.74 Å². The van der Waals surface area contributed by atoms with E-state index < -0.39 is 0 Å². The molecule has 0 saturated heterocycles. The van der Waals surface area contributed by atoms with Gasteiger partial charge in [0, 0.05) is 19.8 Å². The summed E-state index contributed by atoms with van der Waals surface area (Å²) in [5, 5.41) is 5.96. The van der Waals surface area contributed by atoms with Gasteiger partial charge in [0.1, 0.15) is 5.75 Å². The molecule has 0 heterocycles. The number of hydrogen-bond acceptors (Lipinski definition) is 4. The molecule has 1 aromatic carbocycles. The van der Waals surface area contributed by atoms with Crippen molar-refractivity contribution in [2.75, 3.05) is 39.1 Å². The summed E-state index contributed by atoms with van der Waals surface area (Å²) in [7, 11) is 3.36. The van der Waals surface area contributed by atoms with Crippen molar-refractivity contribution in [3.05, 3.63) is 24.3 Å². The molecule has 2 rings (SSSR count). The summed E-state index contributed by atoms with van der Waals surface area (Å²) in [4.78, 5) is 24.6. The number of ether oxygens (including phenoxy) is 1. The van der Waals surface area contributed by atoms with Crippen molar-refractivity contribution in [1.82, 2.24) is 10.2 Å². The summed E-state index contributed by atoms with van der Waals surface area (Å²) in [5.74, 6) is 1.20. The second-order valence-electron chi connectivity index (χ2n) is 5.72. The van der Waals surface area contributed by atoms with E-state index in [-0.39, 0.29) is 18.4 Å². The number of rotatable bonds is 8. The molecular formula is C16H23N3O3. The quantitative estimate of drug-likeness (QED) is 0.754. The Morgan fingerprint density at radius 1 is 1.23 bits per heavy atom. The number of anilines is 1. The summed E-state index contributed by atoms with van der Waals surface area (Å²) in [6.45, 7) is 1.25. The van der Waals surface area contributed by atoms with Crippen LogP contribution >= 0.6 is 0 Å². The van der Waals surface area contributed by atoms with Gasteiger partial charge in [-0.2, -0.15) is 0 Å². The zero-order chi connectivity index (χ0) is 15.9. The highest BCUT2D eigenvalue weighted by molar-refractivity contribution is 5.92. The number of nitrogens with zero attached hydrogens (tertiary/aromatic N) is 1. The second-order valence-corrected chi connectivity index (χ2v) is 5.72. The van der Waals surface area contributed by atoms with Crippen LogP contribution in [-0.4, -0.2) is 50.5 Å². The maximum Gasteiger partial charge on any atom is 0.259 e. The van der Waals surface area contributed by atoms with E-state index in [0.29, 0.717) is 18.0 Å². The highest BCUT2D eigenvalue weighted by Crippen LogP contribution is 2.27. The number of carbonyl (C=O) groups excluding carboxylic acids is 2. The fourth-order valence-corrected chi connectivity index (χ4v) is 1.83. The highest BCUT2D eigenvalue weighted by Gasteiger charge is 2.20. The molecule has 0 aromatic heterocycles. The monoisotopic (exact) mass is 305 g/mol.